The van der Waals surface area contributed by atoms with Crippen molar-refractivity contribution < 1.29 is 28.7 Å². The fourth-order valence-electron chi connectivity index (χ4n) is 2.67. The van der Waals surface area contributed by atoms with Gasteiger partial charge in [-0.15, -0.1) is 0 Å². The summed E-state index contributed by atoms with van der Waals surface area (Å²) in [6.07, 6.45) is 0. The Morgan fingerprint density at radius 3 is 2.36 bits per heavy atom. The molecule has 0 radical (unpaired) electrons. The van der Waals surface area contributed by atoms with Gasteiger partial charge in [-0.1, -0.05) is 12.1 Å². The topological polar surface area (TPSA) is 109 Å². The highest BCUT2D eigenvalue weighted by molar-refractivity contribution is 5.99. The first kappa shape index (κ1) is 20.8. The van der Waals surface area contributed by atoms with Crippen LogP contribution in [0, 0.1) is 10.1 Å². The van der Waals surface area contributed by atoms with E-state index in [-0.39, 0.29) is 29.3 Å². The Bertz CT molecular complexity index is 868. The average Bonchev–Trinajstić information content (AvgIpc) is 2.71. The van der Waals surface area contributed by atoms with Crippen LogP contribution < -0.4 is 24.3 Å². The monoisotopic (exact) mass is 390 g/mol. The number of para-hydroxylation sites is 1. The van der Waals surface area contributed by atoms with Gasteiger partial charge in [0.1, 0.15) is 5.56 Å². The minimum absolute atomic E-state index is 0.0892. The summed E-state index contributed by atoms with van der Waals surface area (Å²) in [5.74, 6) is 0.796. The number of carbonyl (C=O) groups excluding carboxylic acids is 1. The molecule has 2 aromatic rings. The Kier molecular flexibility index (Phi) is 7.02. The van der Waals surface area contributed by atoms with Crippen molar-refractivity contribution in [2.45, 2.75) is 13.5 Å². The minimum atomic E-state index is -0.636. The SMILES string of the molecule is CCOc1cc([N+](=O)[O-])c(C(=O)NCc2cccc(OC)c2OC)cc1OC. The molecule has 2 aromatic carbocycles. The second kappa shape index (κ2) is 9.45. The van der Waals surface area contributed by atoms with Crippen molar-refractivity contribution in [2.24, 2.45) is 0 Å². The third-order valence-corrected chi connectivity index (χ3v) is 3.95. The maximum absolute atomic E-state index is 12.7. The fourth-order valence-corrected chi connectivity index (χ4v) is 2.67. The zero-order valence-electron chi connectivity index (χ0n) is 16.1. The van der Waals surface area contributed by atoms with Crippen LogP contribution in [-0.4, -0.2) is 38.8 Å². The molecule has 0 aliphatic heterocycles. The fraction of sp³-hybridized carbons (Fsp3) is 0.316. The van der Waals surface area contributed by atoms with Crippen molar-refractivity contribution in [1.29, 1.82) is 0 Å². The number of nitro groups is 1. The van der Waals surface area contributed by atoms with E-state index in [0.717, 1.165) is 0 Å². The largest absolute Gasteiger partial charge is 0.493 e. The smallest absolute Gasteiger partial charge is 0.286 e. The van der Waals surface area contributed by atoms with Gasteiger partial charge in [-0.05, 0) is 13.0 Å². The van der Waals surface area contributed by atoms with E-state index in [9.17, 15) is 14.9 Å². The number of amides is 1. The van der Waals surface area contributed by atoms with E-state index in [1.165, 1.54) is 33.5 Å². The highest BCUT2D eigenvalue weighted by Gasteiger charge is 2.25. The molecule has 0 aromatic heterocycles. The summed E-state index contributed by atoms with van der Waals surface area (Å²) in [5, 5.41) is 14.1. The van der Waals surface area contributed by atoms with Crippen LogP contribution in [0.4, 0.5) is 5.69 Å². The average molecular weight is 390 g/mol. The summed E-state index contributed by atoms with van der Waals surface area (Å²) in [5.41, 5.74) is 0.155. The van der Waals surface area contributed by atoms with Gasteiger partial charge >= 0.3 is 0 Å². The van der Waals surface area contributed by atoms with Crippen molar-refractivity contribution in [3.8, 4) is 23.0 Å². The van der Waals surface area contributed by atoms with Crippen LogP contribution in [0.25, 0.3) is 0 Å². The van der Waals surface area contributed by atoms with Crippen LogP contribution >= 0.6 is 0 Å². The lowest BCUT2D eigenvalue weighted by molar-refractivity contribution is -0.385. The third kappa shape index (κ3) is 4.43. The number of hydrogen-bond acceptors (Lipinski definition) is 7. The first-order valence-electron chi connectivity index (χ1n) is 8.44. The molecule has 9 nitrogen and oxygen atoms in total. The van der Waals surface area contributed by atoms with Crippen molar-refractivity contribution in [3.05, 3.63) is 51.6 Å². The molecule has 0 saturated heterocycles. The maximum atomic E-state index is 12.7. The number of ether oxygens (including phenoxy) is 4. The normalized spacial score (nSPS) is 10.1. The van der Waals surface area contributed by atoms with E-state index in [2.05, 4.69) is 5.32 Å². The molecule has 0 atom stereocenters. The molecule has 1 N–H and O–H groups in total. The number of nitrogens with one attached hydrogen (secondary N) is 1. The molecule has 1 amide bonds. The van der Waals surface area contributed by atoms with Gasteiger partial charge < -0.3 is 24.3 Å². The second-order valence-electron chi connectivity index (χ2n) is 5.55. The second-order valence-corrected chi connectivity index (χ2v) is 5.55. The van der Waals surface area contributed by atoms with Crippen molar-refractivity contribution in [2.75, 3.05) is 27.9 Å². The molecule has 9 heteroatoms. The van der Waals surface area contributed by atoms with Crippen LogP contribution in [0.2, 0.25) is 0 Å². The number of nitro benzene ring substituents is 1. The van der Waals surface area contributed by atoms with Crippen LogP contribution in [0.5, 0.6) is 23.0 Å². The Hall–Kier alpha value is -3.49. The van der Waals surface area contributed by atoms with Gasteiger partial charge in [0, 0.05) is 18.2 Å². The maximum Gasteiger partial charge on any atom is 0.286 e. The lowest BCUT2D eigenvalue weighted by atomic mass is 10.1. The third-order valence-electron chi connectivity index (χ3n) is 3.95. The van der Waals surface area contributed by atoms with E-state index in [0.29, 0.717) is 23.7 Å². The summed E-state index contributed by atoms with van der Waals surface area (Å²) in [6, 6.07) is 7.72. The quantitative estimate of drug-likeness (QED) is 0.518. The zero-order chi connectivity index (χ0) is 20.7. The molecule has 0 aliphatic carbocycles. The summed E-state index contributed by atoms with van der Waals surface area (Å²) in [7, 11) is 4.40. The highest BCUT2D eigenvalue weighted by Crippen LogP contribution is 2.35. The van der Waals surface area contributed by atoms with E-state index < -0.39 is 10.8 Å². The number of carbonyl (C=O) groups is 1. The van der Waals surface area contributed by atoms with Gasteiger partial charge in [-0.2, -0.15) is 0 Å². The lowest BCUT2D eigenvalue weighted by Crippen LogP contribution is -2.24. The van der Waals surface area contributed by atoms with E-state index in [4.69, 9.17) is 18.9 Å². The van der Waals surface area contributed by atoms with E-state index >= 15 is 0 Å². The van der Waals surface area contributed by atoms with Crippen LogP contribution in [0.1, 0.15) is 22.8 Å². The van der Waals surface area contributed by atoms with Gasteiger partial charge in [0.2, 0.25) is 0 Å². The molecule has 28 heavy (non-hydrogen) atoms. The van der Waals surface area contributed by atoms with Crippen molar-refractivity contribution >= 4 is 11.6 Å². The summed E-state index contributed by atoms with van der Waals surface area (Å²) in [6.45, 7) is 2.13. The van der Waals surface area contributed by atoms with Crippen molar-refractivity contribution in [1.82, 2.24) is 5.32 Å². The predicted octanol–water partition coefficient (Wildman–Crippen LogP) is 2.95. The number of rotatable bonds is 9. The van der Waals surface area contributed by atoms with Gasteiger partial charge in [-0.3, -0.25) is 14.9 Å². The van der Waals surface area contributed by atoms with Gasteiger partial charge in [-0.25, -0.2) is 0 Å². The molecule has 0 aliphatic rings. The molecular weight excluding hydrogens is 368 g/mol. The first-order chi connectivity index (χ1) is 13.5. The molecule has 150 valence electrons. The van der Waals surface area contributed by atoms with Gasteiger partial charge in [0.15, 0.2) is 23.0 Å². The van der Waals surface area contributed by atoms with Crippen LogP contribution in [0.15, 0.2) is 30.3 Å². The van der Waals surface area contributed by atoms with E-state index in [1.54, 1.807) is 25.1 Å². The molecule has 0 fully saturated rings. The molecular formula is C19H22N2O7. The Morgan fingerprint density at radius 1 is 1.07 bits per heavy atom. The summed E-state index contributed by atoms with van der Waals surface area (Å²) in [4.78, 5) is 23.4. The molecule has 0 spiro atoms. The van der Waals surface area contributed by atoms with Crippen molar-refractivity contribution in [3.63, 3.8) is 0 Å². The molecule has 0 saturated carbocycles. The number of nitrogens with zero attached hydrogens (tertiary/aromatic N) is 1. The molecule has 0 bridgehead atoms. The number of hydrogen-bond donors (Lipinski definition) is 1. The van der Waals surface area contributed by atoms with E-state index in [1.807, 2.05) is 0 Å². The molecule has 2 rings (SSSR count). The van der Waals surface area contributed by atoms with Crippen LogP contribution in [0.3, 0.4) is 0 Å². The summed E-state index contributed by atoms with van der Waals surface area (Å²) >= 11 is 0. The van der Waals surface area contributed by atoms with Crippen LogP contribution in [-0.2, 0) is 6.54 Å². The lowest BCUT2D eigenvalue weighted by Gasteiger charge is -2.14. The zero-order valence-corrected chi connectivity index (χ0v) is 16.1. The van der Waals surface area contributed by atoms with Gasteiger partial charge in [0.25, 0.3) is 11.6 Å². The number of methoxy groups -OCH3 is 3. The number of benzene rings is 2. The Morgan fingerprint density at radius 2 is 1.79 bits per heavy atom. The predicted molar refractivity (Wildman–Crippen MR) is 102 cm³/mol. The Labute approximate surface area is 162 Å². The first-order valence-corrected chi connectivity index (χ1v) is 8.44. The standard InChI is InChI=1S/C19H22N2O7/c1-5-28-17-10-14(21(23)24)13(9-16(17)26-3)19(22)20-11-12-7-6-8-15(25-2)18(12)27-4/h6-10H,5,11H2,1-4H3,(H,20,22). The van der Waals surface area contributed by atoms with Gasteiger partial charge in [0.05, 0.1) is 38.9 Å². The minimum Gasteiger partial charge on any atom is -0.493 e. The molecule has 0 unspecified atom stereocenters. The summed E-state index contributed by atoms with van der Waals surface area (Å²) < 4.78 is 21.1. The molecule has 0 heterocycles. The highest BCUT2D eigenvalue weighted by atomic mass is 16.6. The Balaban J connectivity index is 2.33.